The number of hydrogen-bond donors (Lipinski definition) is 1. The molecule has 2 atom stereocenters. The van der Waals surface area contributed by atoms with Gasteiger partial charge in [0, 0.05) is 28.9 Å². The molecular weight excluding hydrogens is 253 g/mol. The number of imidazole rings is 1. The topological polar surface area (TPSA) is 60.9 Å². The van der Waals surface area contributed by atoms with Gasteiger partial charge in [-0.2, -0.15) is 0 Å². The number of anilines is 1. The molecule has 0 radical (unpaired) electrons. The summed E-state index contributed by atoms with van der Waals surface area (Å²) in [6.07, 6.45) is 2.40. The largest absolute Gasteiger partial charge is 0.369 e. The zero-order valence-electron chi connectivity index (χ0n) is 10.4. The van der Waals surface area contributed by atoms with E-state index < -0.39 is 10.8 Å². The zero-order valence-corrected chi connectivity index (χ0v) is 11.2. The SMILES string of the molecule is CC(CCn1c(N)nc2c(F)cccc21)S(C)=O. The number of fused-ring (bicyclic) bond motifs is 1. The lowest BCUT2D eigenvalue weighted by atomic mass is 10.3. The first-order chi connectivity index (χ1) is 8.50. The summed E-state index contributed by atoms with van der Waals surface area (Å²) < 4.78 is 26.6. The summed E-state index contributed by atoms with van der Waals surface area (Å²) in [6, 6.07) is 4.79. The quantitative estimate of drug-likeness (QED) is 0.922. The van der Waals surface area contributed by atoms with Crippen LogP contribution in [-0.2, 0) is 17.3 Å². The monoisotopic (exact) mass is 269 g/mol. The molecule has 1 heterocycles. The first-order valence-electron chi connectivity index (χ1n) is 5.73. The summed E-state index contributed by atoms with van der Waals surface area (Å²) >= 11 is 0. The standard InChI is InChI=1S/C12H16FN3OS/c1-8(18(2)17)6-7-16-10-5-3-4-9(13)11(10)15-12(16)14/h3-5,8H,6-7H2,1-2H3,(H2,14,15). The van der Waals surface area contributed by atoms with E-state index >= 15 is 0 Å². The fourth-order valence-corrected chi connectivity index (χ4v) is 2.28. The van der Waals surface area contributed by atoms with Gasteiger partial charge >= 0.3 is 0 Å². The lowest BCUT2D eigenvalue weighted by molar-refractivity contribution is 0.631. The van der Waals surface area contributed by atoms with Gasteiger partial charge in [0.25, 0.3) is 0 Å². The van der Waals surface area contributed by atoms with Crippen LogP contribution in [0, 0.1) is 5.82 Å². The number of aryl methyl sites for hydroxylation is 1. The van der Waals surface area contributed by atoms with Crippen LogP contribution in [0.5, 0.6) is 0 Å². The van der Waals surface area contributed by atoms with Gasteiger partial charge in [0.15, 0.2) is 5.82 Å². The van der Waals surface area contributed by atoms with E-state index in [9.17, 15) is 8.60 Å². The van der Waals surface area contributed by atoms with Crippen LogP contribution in [0.15, 0.2) is 18.2 Å². The molecule has 0 amide bonds. The average molecular weight is 269 g/mol. The van der Waals surface area contributed by atoms with Crippen LogP contribution in [0.2, 0.25) is 0 Å². The van der Waals surface area contributed by atoms with E-state index in [1.54, 1.807) is 23.0 Å². The Morgan fingerprint density at radius 2 is 2.28 bits per heavy atom. The Balaban J connectivity index is 2.31. The summed E-state index contributed by atoms with van der Waals surface area (Å²) in [5, 5.41) is 0.0791. The van der Waals surface area contributed by atoms with Crippen molar-refractivity contribution in [2.75, 3.05) is 12.0 Å². The van der Waals surface area contributed by atoms with Gasteiger partial charge in [0.2, 0.25) is 5.95 Å². The molecule has 2 unspecified atom stereocenters. The van der Waals surface area contributed by atoms with Crippen LogP contribution in [0.4, 0.5) is 10.3 Å². The number of nitrogens with zero attached hydrogens (tertiary/aromatic N) is 2. The van der Waals surface area contributed by atoms with Crippen molar-refractivity contribution in [2.45, 2.75) is 25.1 Å². The molecule has 2 N–H and O–H groups in total. The van der Waals surface area contributed by atoms with E-state index in [1.807, 2.05) is 6.92 Å². The maximum absolute atomic E-state index is 13.5. The van der Waals surface area contributed by atoms with Crippen LogP contribution >= 0.6 is 0 Å². The Labute approximate surface area is 107 Å². The van der Waals surface area contributed by atoms with Crippen molar-refractivity contribution < 1.29 is 8.60 Å². The summed E-state index contributed by atoms with van der Waals surface area (Å²) in [7, 11) is -0.865. The third kappa shape index (κ3) is 2.38. The number of benzene rings is 1. The number of nitrogen functional groups attached to an aromatic ring is 1. The van der Waals surface area contributed by atoms with Gasteiger partial charge in [0.1, 0.15) is 5.52 Å². The predicted molar refractivity (Wildman–Crippen MR) is 72.2 cm³/mol. The van der Waals surface area contributed by atoms with Gasteiger partial charge in [-0.05, 0) is 18.6 Å². The first kappa shape index (κ1) is 13.0. The van der Waals surface area contributed by atoms with E-state index in [0.29, 0.717) is 23.5 Å². The average Bonchev–Trinajstić information content (AvgIpc) is 2.64. The molecule has 18 heavy (non-hydrogen) atoms. The molecule has 0 spiro atoms. The number of para-hydroxylation sites is 1. The van der Waals surface area contributed by atoms with E-state index in [-0.39, 0.29) is 11.1 Å². The van der Waals surface area contributed by atoms with E-state index in [0.717, 1.165) is 6.42 Å². The van der Waals surface area contributed by atoms with Crippen LogP contribution in [0.25, 0.3) is 11.0 Å². The normalized spacial score (nSPS) is 14.8. The van der Waals surface area contributed by atoms with Gasteiger partial charge in [-0.3, -0.25) is 4.21 Å². The minimum atomic E-state index is -0.865. The molecule has 2 aromatic rings. The molecule has 1 aromatic heterocycles. The molecule has 0 bridgehead atoms. The Kier molecular flexibility index (Phi) is 3.65. The van der Waals surface area contributed by atoms with Gasteiger partial charge in [-0.15, -0.1) is 0 Å². The molecule has 1 aromatic carbocycles. The third-order valence-electron chi connectivity index (χ3n) is 3.09. The van der Waals surface area contributed by atoms with Crippen molar-refractivity contribution in [1.82, 2.24) is 9.55 Å². The van der Waals surface area contributed by atoms with Crippen molar-refractivity contribution in [2.24, 2.45) is 0 Å². The second-order valence-electron chi connectivity index (χ2n) is 4.33. The van der Waals surface area contributed by atoms with Crippen LogP contribution < -0.4 is 5.73 Å². The first-order valence-corrected chi connectivity index (χ1v) is 7.35. The highest BCUT2D eigenvalue weighted by atomic mass is 32.2. The zero-order chi connectivity index (χ0) is 13.3. The highest BCUT2D eigenvalue weighted by Crippen LogP contribution is 2.21. The van der Waals surface area contributed by atoms with Crippen LogP contribution in [0.1, 0.15) is 13.3 Å². The molecule has 0 aliphatic carbocycles. The molecule has 0 fully saturated rings. The Morgan fingerprint density at radius 3 is 2.94 bits per heavy atom. The molecule has 98 valence electrons. The van der Waals surface area contributed by atoms with Crippen molar-refractivity contribution in [3.8, 4) is 0 Å². The summed E-state index contributed by atoms with van der Waals surface area (Å²) in [4.78, 5) is 4.03. The van der Waals surface area contributed by atoms with E-state index in [2.05, 4.69) is 4.98 Å². The molecular formula is C12H16FN3OS. The van der Waals surface area contributed by atoms with Gasteiger partial charge in [-0.25, -0.2) is 9.37 Å². The van der Waals surface area contributed by atoms with Gasteiger partial charge in [-0.1, -0.05) is 13.0 Å². The van der Waals surface area contributed by atoms with Crippen molar-refractivity contribution in [1.29, 1.82) is 0 Å². The Morgan fingerprint density at radius 1 is 1.56 bits per heavy atom. The number of aromatic nitrogens is 2. The summed E-state index contributed by atoms with van der Waals surface area (Å²) in [5.41, 5.74) is 6.77. The van der Waals surface area contributed by atoms with Crippen LogP contribution in [-0.4, -0.2) is 25.3 Å². The molecule has 6 heteroatoms. The minimum absolute atomic E-state index is 0.0791. The second kappa shape index (κ2) is 5.06. The lowest BCUT2D eigenvalue weighted by Crippen LogP contribution is -2.13. The highest BCUT2D eigenvalue weighted by molar-refractivity contribution is 7.84. The second-order valence-corrected chi connectivity index (χ2v) is 6.13. The van der Waals surface area contributed by atoms with Crippen molar-refractivity contribution >= 4 is 27.8 Å². The molecule has 0 saturated carbocycles. The maximum Gasteiger partial charge on any atom is 0.201 e. The smallest absolute Gasteiger partial charge is 0.201 e. The predicted octanol–water partition coefficient (Wildman–Crippen LogP) is 1.91. The van der Waals surface area contributed by atoms with Crippen LogP contribution in [0.3, 0.4) is 0 Å². The fourth-order valence-electron chi connectivity index (χ4n) is 1.84. The lowest BCUT2D eigenvalue weighted by Gasteiger charge is -2.10. The van der Waals surface area contributed by atoms with Crippen molar-refractivity contribution in [3.63, 3.8) is 0 Å². The highest BCUT2D eigenvalue weighted by Gasteiger charge is 2.13. The van der Waals surface area contributed by atoms with Gasteiger partial charge < -0.3 is 10.3 Å². The molecule has 0 aliphatic rings. The van der Waals surface area contributed by atoms with Crippen molar-refractivity contribution in [3.05, 3.63) is 24.0 Å². The van der Waals surface area contributed by atoms with E-state index in [1.165, 1.54) is 6.07 Å². The molecule has 0 aliphatic heterocycles. The molecule has 0 saturated heterocycles. The van der Waals surface area contributed by atoms with E-state index in [4.69, 9.17) is 5.73 Å². The third-order valence-corrected chi connectivity index (χ3v) is 4.45. The maximum atomic E-state index is 13.5. The number of halogens is 1. The fraction of sp³-hybridized carbons (Fsp3) is 0.417. The number of hydrogen-bond acceptors (Lipinski definition) is 3. The minimum Gasteiger partial charge on any atom is -0.369 e. The molecule has 2 rings (SSSR count). The molecule has 4 nitrogen and oxygen atoms in total. The summed E-state index contributed by atoms with van der Waals surface area (Å²) in [5.74, 6) is -0.0748. The Hall–Kier alpha value is -1.43. The van der Waals surface area contributed by atoms with Gasteiger partial charge in [0.05, 0.1) is 5.52 Å². The number of nitrogens with two attached hydrogens (primary N) is 1. The summed E-state index contributed by atoms with van der Waals surface area (Å²) in [6.45, 7) is 2.51. The number of rotatable bonds is 4. The Bertz CT molecular complexity index is 596.